The maximum absolute atomic E-state index is 13.8. The van der Waals surface area contributed by atoms with Gasteiger partial charge in [-0.05, 0) is 25.0 Å². The number of rotatable bonds is 6. The molecule has 2 aromatic carbocycles. The van der Waals surface area contributed by atoms with Crippen molar-refractivity contribution in [2.24, 2.45) is 10.8 Å². The van der Waals surface area contributed by atoms with Gasteiger partial charge < -0.3 is 28.4 Å². The van der Waals surface area contributed by atoms with Crippen molar-refractivity contribution < 1.29 is 50.8 Å². The molecule has 0 N–H and O–H groups in total. The predicted octanol–water partition coefficient (Wildman–Crippen LogP) is 5.41. The van der Waals surface area contributed by atoms with Crippen LogP contribution in [0, 0.1) is 10.8 Å². The number of ether oxygens (including phenoxy) is 6. The van der Waals surface area contributed by atoms with Crippen molar-refractivity contribution in [3.05, 3.63) is 59.7 Å². The zero-order chi connectivity index (χ0) is 26.0. The summed E-state index contributed by atoms with van der Waals surface area (Å²) in [6.07, 6.45) is -0.161. The summed E-state index contributed by atoms with van der Waals surface area (Å²) in [5.74, 6) is -0.223. The third-order valence-corrected chi connectivity index (χ3v) is 7.10. The minimum Gasteiger partial charge on any atom is -0.434 e. The second kappa shape index (κ2) is 10.6. The van der Waals surface area contributed by atoms with Crippen molar-refractivity contribution in [3.63, 3.8) is 0 Å². The largest absolute Gasteiger partial charge is 0.434 e. The third kappa shape index (κ3) is 5.18. The Morgan fingerprint density at radius 3 is 1.43 bits per heavy atom. The second-order valence-electron chi connectivity index (χ2n) is 9.48. The Labute approximate surface area is 210 Å². The van der Waals surface area contributed by atoms with Crippen LogP contribution in [0.2, 0.25) is 0 Å². The van der Waals surface area contributed by atoms with Crippen LogP contribution in [0.15, 0.2) is 48.5 Å². The van der Waals surface area contributed by atoms with E-state index < -0.39 is 36.6 Å². The van der Waals surface area contributed by atoms with E-state index in [4.69, 9.17) is 18.9 Å². The van der Waals surface area contributed by atoms with Gasteiger partial charge in [-0.2, -0.15) is 17.6 Å². The molecular weight excluding hydrogens is 500 g/mol. The van der Waals surface area contributed by atoms with Crippen molar-refractivity contribution >= 4 is 5.78 Å². The maximum Gasteiger partial charge on any atom is 0.387 e. The van der Waals surface area contributed by atoms with E-state index >= 15 is 0 Å². The lowest BCUT2D eigenvalue weighted by Gasteiger charge is -2.50. The van der Waals surface area contributed by atoms with Crippen molar-refractivity contribution in [2.45, 2.75) is 45.1 Å². The van der Waals surface area contributed by atoms with E-state index in [1.807, 2.05) is 0 Å². The first-order valence-corrected chi connectivity index (χ1v) is 11.9. The number of carbonyl (C=O) groups is 1. The summed E-state index contributed by atoms with van der Waals surface area (Å²) in [7, 11) is 0. The van der Waals surface area contributed by atoms with E-state index in [0.717, 1.165) is 0 Å². The van der Waals surface area contributed by atoms with E-state index in [9.17, 15) is 22.4 Å². The first-order valence-electron chi connectivity index (χ1n) is 11.9. The van der Waals surface area contributed by atoms with E-state index in [-0.39, 0.29) is 43.7 Å². The molecule has 0 aromatic heterocycles. The van der Waals surface area contributed by atoms with Crippen LogP contribution < -0.4 is 9.47 Å². The fraction of sp³-hybridized carbons (Fsp3) is 0.500. The molecule has 0 unspecified atom stereocenters. The third-order valence-electron chi connectivity index (χ3n) is 7.10. The highest BCUT2D eigenvalue weighted by molar-refractivity contribution is 5.92. The quantitative estimate of drug-likeness (QED) is 0.467. The molecule has 1 aliphatic carbocycles. The fourth-order valence-electron chi connectivity index (χ4n) is 5.34. The minimum absolute atomic E-state index is 0.0375. The molecule has 7 nitrogen and oxygen atoms in total. The Kier molecular flexibility index (Phi) is 7.39. The van der Waals surface area contributed by atoms with Gasteiger partial charge in [-0.25, -0.2) is 0 Å². The molecule has 200 valence electrons. The molecule has 2 aliphatic heterocycles. The van der Waals surface area contributed by atoms with Crippen molar-refractivity contribution in [1.29, 1.82) is 0 Å². The van der Waals surface area contributed by atoms with Crippen LogP contribution in [-0.2, 0) is 23.7 Å². The highest BCUT2D eigenvalue weighted by Crippen LogP contribution is 2.50. The van der Waals surface area contributed by atoms with Crippen LogP contribution in [0.3, 0.4) is 0 Å². The molecule has 2 saturated heterocycles. The van der Waals surface area contributed by atoms with Crippen molar-refractivity contribution in [2.75, 3.05) is 26.4 Å². The molecule has 2 aromatic rings. The highest BCUT2D eigenvalue weighted by Gasteiger charge is 2.57. The van der Waals surface area contributed by atoms with Crippen LogP contribution in [0.5, 0.6) is 11.5 Å². The lowest BCUT2D eigenvalue weighted by Crippen LogP contribution is -2.58. The van der Waals surface area contributed by atoms with Gasteiger partial charge in [0.1, 0.15) is 11.5 Å². The van der Waals surface area contributed by atoms with Gasteiger partial charge in [0.05, 0.1) is 37.3 Å². The molecule has 0 atom stereocenters. The number of hydrogen-bond acceptors (Lipinski definition) is 7. The zero-order valence-corrected chi connectivity index (χ0v) is 19.7. The van der Waals surface area contributed by atoms with Crippen LogP contribution >= 0.6 is 0 Å². The molecule has 2 heterocycles. The SMILES string of the molecule is O=C1C2(CCCC13COC(c1ccccc1OC(F)F)OC3)COC(c1ccccc1OC(F)F)OC2. The first-order chi connectivity index (χ1) is 17.8. The van der Waals surface area contributed by atoms with E-state index in [0.29, 0.717) is 30.4 Å². The number of para-hydroxylation sites is 2. The monoisotopic (exact) mass is 526 g/mol. The molecule has 2 spiro atoms. The number of ketones is 1. The molecule has 0 radical (unpaired) electrons. The fourth-order valence-corrected chi connectivity index (χ4v) is 5.34. The molecule has 11 heteroatoms. The standard InChI is InChI=1S/C26H26F4O7/c27-23(28)36-18-8-3-1-6-16(18)20-32-12-25(13-33-20)10-5-11-26(22(25)31)14-34-21(35-15-26)17-7-2-4-9-19(17)37-24(29)30/h1-4,6-9,20-21,23-24H,5,10-15H2. The average molecular weight is 526 g/mol. The molecular formula is C26H26F4O7. The zero-order valence-electron chi connectivity index (χ0n) is 19.7. The maximum atomic E-state index is 13.8. The summed E-state index contributed by atoms with van der Waals surface area (Å²) < 4.78 is 84.0. The van der Waals surface area contributed by atoms with Crippen LogP contribution in [0.1, 0.15) is 43.0 Å². The highest BCUT2D eigenvalue weighted by atomic mass is 19.3. The number of Topliss-reactive ketones (excluding diaryl/α,β-unsaturated/α-hetero) is 1. The van der Waals surface area contributed by atoms with Crippen LogP contribution in [0.25, 0.3) is 0 Å². The Bertz CT molecular complexity index is 1010. The van der Waals surface area contributed by atoms with Crippen molar-refractivity contribution in [3.8, 4) is 11.5 Å². The number of benzene rings is 2. The smallest absolute Gasteiger partial charge is 0.387 e. The van der Waals surface area contributed by atoms with Gasteiger partial charge in [-0.15, -0.1) is 0 Å². The lowest BCUT2D eigenvalue weighted by molar-refractivity contribution is -0.262. The number of halogens is 4. The van der Waals surface area contributed by atoms with Gasteiger partial charge in [0.25, 0.3) is 0 Å². The molecule has 3 aliphatic rings. The van der Waals surface area contributed by atoms with Gasteiger partial charge in [-0.3, -0.25) is 4.79 Å². The normalized spacial score (nSPS) is 30.3. The van der Waals surface area contributed by atoms with Crippen LogP contribution in [0.4, 0.5) is 17.6 Å². The first kappa shape index (κ1) is 25.9. The van der Waals surface area contributed by atoms with Gasteiger partial charge in [0.15, 0.2) is 18.4 Å². The van der Waals surface area contributed by atoms with E-state index in [1.54, 1.807) is 36.4 Å². The summed E-state index contributed by atoms with van der Waals surface area (Å²) in [5.41, 5.74) is -1.26. The summed E-state index contributed by atoms with van der Waals surface area (Å²) >= 11 is 0. The minimum atomic E-state index is -3.00. The Hall–Kier alpha value is -2.73. The Balaban J connectivity index is 1.27. The molecule has 0 bridgehead atoms. The summed E-state index contributed by atoms with van der Waals surface area (Å²) in [6.45, 7) is -5.85. The predicted molar refractivity (Wildman–Crippen MR) is 119 cm³/mol. The van der Waals surface area contributed by atoms with E-state index in [2.05, 4.69) is 9.47 Å². The molecule has 5 rings (SSSR count). The number of hydrogen-bond donors (Lipinski definition) is 0. The Morgan fingerprint density at radius 1 is 0.676 bits per heavy atom. The molecule has 1 saturated carbocycles. The number of alkyl halides is 4. The van der Waals surface area contributed by atoms with Gasteiger partial charge in [0.2, 0.25) is 0 Å². The topological polar surface area (TPSA) is 72.5 Å². The summed E-state index contributed by atoms with van der Waals surface area (Å²) in [4.78, 5) is 13.8. The molecule has 0 amide bonds. The molecule has 3 fully saturated rings. The van der Waals surface area contributed by atoms with Gasteiger partial charge >= 0.3 is 13.2 Å². The van der Waals surface area contributed by atoms with E-state index in [1.165, 1.54) is 12.1 Å². The summed E-state index contributed by atoms with van der Waals surface area (Å²) in [6, 6.07) is 12.4. The van der Waals surface area contributed by atoms with Crippen LogP contribution in [-0.4, -0.2) is 45.4 Å². The van der Waals surface area contributed by atoms with Gasteiger partial charge in [0, 0.05) is 11.1 Å². The summed E-state index contributed by atoms with van der Waals surface area (Å²) in [5, 5.41) is 0. The average Bonchev–Trinajstić information content (AvgIpc) is 2.89. The van der Waals surface area contributed by atoms with Gasteiger partial charge in [-0.1, -0.05) is 42.8 Å². The second-order valence-corrected chi connectivity index (χ2v) is 9.48. The number of carbonyl (C=O) groups excluding carboxylic acids is 1. The van der Waals surface area contributed by atoms with Crippen molar-refractivity contribution in [1.82, 2.24) is 0 Å². The lowest BCUT2D eigenvalue weighted by atomic mass is 9.61. The Morgan fingerprint density at radius 2 is 1.05 bits per heavy atom. The molecule has 37 heavy (non-hydrogen) atoms.